The van der Waals surface area contributed by atoms with Crippen molar-refractivity contribution in [3.05, 3.63) is 72.9 Å². The number of ether oxygens (including phenoxy) is 4. The highest BCUT2D eigenvalue weighted by Crippen LogP contribution is 2.41. The molecule has 0 spiro atoms. The molecule has 324 valence electrons. The van der Waals surface area contributed by atoms with Crippen molar-refractivity contribution < 1.29 is 61.4 Å². The maximum absolute atomic E-state index is 14.3. The molecule has 1 aromatic heterocycles. The second-order valence-electron chi connectivity index (χ2n) is 16.3. The Kier molecular flexibility index (Phi) is 15.1. The number of carbonyl (C=O) groups is 5. The highest BCUT2D eigenvalue weighted by molar-refractivity contribution is 7.46. The van der Waals surface area contributed by atoms with Gasteiger partial charge >= 0.3 is 31.8 Å². The van der Waals surface area contributed by atoms with Crippen LogP contribution in [0, 0.1) is 6.92 Å². The van der Waals surface area contributed by atoms with E-state index in [1.165, 1.54) is 87.6 Å². The number of imide groups is 4. The zero-order valence-corrected chi connectivity index (χ0v) is 35.5. The van der Waals surface area contributed by atoms with Gasteiger partial charge in [-0.05, 0) is 92.5 Å². The molecule has 1 saturated heterocycles. The lowest BCUT2D eigenvalue weighted by atomic mass is 10.0. The van der Waals surface area contributed by atoms with Gasteiger partial charge in [0.15, 0.2) is 0 Å². The van der Waals surface area contributed by atoms with Crippen LogP contribution in [0.5, 0.6) is 5.75 Å². The molecule has 0 aliphatic carbocycles. The van der Waals surface area contributed by atoms with Crippen molar-refractivity contribution in [3.63, 3.8) is 0 Å². The predicted molar refractivity (Wildman–Crippen MR) is 204 cm³/mol. The first-order chi connectivity index (χ1) is 27.0. The number of nitrogens with zero attached hydrogens (tertiary/aromatic N) is 6. The van der Waals surface area contributed by atoms with E-state index < -0.39 is 103 Å². The van der Waals surface area contributed by atoms with E-state index in [0.29, 0.717) is 4.90 Å². The number of hydrogen-bond donors (Lipinski definition) is 1. The van der Waals surface area contributed by atoms with Crippen molar-refractivity contribution in [2.75, 3.05) is 6.61 Å². The van der Waals surface area contributed by atoms with Crippen LogP contribution >= 0.6 is 7.82 Å². The molecule has 5 atom stereocenters. The van der Waals surface area contributed by atoms with Crippen molar-refractivity contribution in [3.8, 4) is 5.75 Å². The van der Waals surface area contributed by atoms with Crippen molar-refractivity contribution in [2.24, 2.45) is 5.11 Å². The number of azide groups is 1. The summed E-state index contributed by atoms with van der Waals surface area (Å²) in [6, 6.07) is 1.98. The quantitative estimate of drug-likeness (QED) is 0.105. The maximum Gasteiger partial charge on any atom is 0.426 e. The third-order valence-corrected chi connectivity index (χ3v) is 8.63. The number of phosphoric acid groups is 1. The Morgan fingerprint density at radius 2 is 1.49 bits per heavy atom. The van der Waals surface area contributed by atoms with Gasteiger partial charge in [-0.2, -0.15) is 0 Å². The highest BCUT2D eigenvalue weighted by atomic mass is 31.2. The number of amides is 5. The lowest BCUT2D eigenvalue weighted by Gasteiger charge is -2.34. The fourth-order valence-corrected chi connectivity index (χ4v) is 6.11. The molecule has 0 radical (unpaired) electrons. The normalized spacial score (nSPS) is 18.3. The molecule has 2 aromatic rings. The van der Waals surface area contributed by atoms with E-state index in [9.17, 15) is 43.0 Å². The van der Waals surface area contributed by atoms with Crippen LogP contribution in [-0.2, 0) is 44.0 Å². The van der Waals surface area contributed by atoms with E-state index in [1.54, 1.807) is 0 Å². The second-order valence-corrected chi connectivity index (χ2v) is 17.7. The van der Waals surface area contributed by atoms with Crippen LogP contribution in [0.25, 0.3) is 10.4 Å². The average Bonchev–Trinajstić information content (AvgIpc) is 3.45. The molecule has 1 aliphatic heterocycles. The summed E-state index contributed by atoms with van der Waals surface area (Å²) in [7, 11) is -5.18. The standard InChI is InChI=1S/C36H50N7O15P/c1-20-18-41(30(47)38-28(20)45)27-17-24(39-40-37)26(54-27)19-53-59(51,52)58-23-14-12-22(13-15-23)16-25(42(21(2)44)31(48)55-34(3,4)5)29(46)43(32(49)56-35(6,7)8)33(50)57-36(9,10)11/h12-15,18,24-27H,16-17,19H2,1-11H3,(H,51,52)(H,38,45,47)/p-1/t24-,25-,26+,27+/m0/s1. The van der Waals surface area contributed by atoms with Gasteiger partial charge in [0.05, 0.1) is 18.8 Å². The summed E-state index contributed by atoms with van der Waals surface area (Å²) in [5, 5.41) is 3.62. The van der Waals surface area contributed by atoms with E-state index in [0.717, 1.165) is 23.6 Å². The van der Waals surface area contributed by atoms with E-state index >= 15 is 0 Å². The van der Waals surface area contributed by atoms with Crippen LogP contribution in [0.15, 0.2) is 45.2 Å². The molecule has 1 aromatic carbocycles. The topological polar surface area (TPSA) is 291 Å². The van der Waals surface area contributed by atoms with Crippen molar-refractivity contribution in [2.45, 2.75) is 130 Å². The smallest absolute Gasteiger partial charge is 0.426 e. The number of rotatable bonds is 11. The Labute approximate surface area is 338 Å². The molecule has 1 N–H and O–H groups in total. The van der Waals surface area contributed by atoms with Crippen LogP contribution in [0.2, 0.25) is 0 Å². The minimum Gasteiger partial charge on any atom is -0.746 e. The van der Waals surface area contributed by atoms with Crippen LogP contribution in [0.1, 0.15) is 93.0 Å². The second kappa shape index (κ2) is 18.6. The molecule has 2 heterocycles. The highest BCUT2D eigenvalue weighted by Gasteiger charge is 2.45. The van der Waals surface area contributed by atoms with Crippen LogP contribution in [-0.4, -0.2) is 91.0 Å². The summed E-state index contributed by atoms with van der Waals surface area (Å²) >= 11 is 0. The lowest BCUT2D eigenvalue weighted by Crippen LogP contribution is -2.58. The first-order valence-corrected chi connectivity index (χ1v) is 19.6. The molecule has 59 heavy (non-hydrogen) atoms. The fraction of sp³-hybridized carbons (Fsp3) is 0.583. The zero-order chi connectivity index (χ0) is 44.8. The van der Waals surface area contributed by atoms with Gasteiger partial charge < -0.3 is 32.9 Å². The number of hydrogen-bond acceptors (Lipinski definition) is 16. The number of aromatic nitrogens is 2. The van der Waals surface area contributed by atoms with E-state index in [1.807, 2.05) is 0 Å². The molecule has 22 nitrogen and oxygen atoms in total. The van der Waals surface area contributed by atoms with E-state index in [-0.39, 0.29) is 28.2 Å². The van der Waals surface area contributed by atoms with Crippen molar-refractivity contribution in [1.82, 2.24) is 19.4 Å². The Bertz CT molecular complexity index is 2100. The molecule has 1 fully saturated rings. The number of phosphoric ester groups is 1. The monoisotopic (exact) mass is 850 g/mol. The molecule has 0 saturated carbocycles. The Hall–Kier alpha value is -5.53. The first-order valence-electron chi connectivity index (χ1n) is 18.1. The Morgan fingerprint density at radius 1 is 0.966 bits per heavy atom. The fourth-order valence-electron chi connectivity index (χ4n) is 5.35. The first kappa shape index (κ1) is 47.8. The minimum atomic E-state index is -5.18. The van der Waals surface area contributed by atoms with Crippen LogP contribution in [0.4, 0.5) is 14.4 Å². The van der Waals surface area contributed by atoms with Crippen molar-refractivity contribution >= 4 is 37.9 Å². The third-order valence-electron chi connectivity index (χ3n) is 7.73. The number of aromatic amines is 1. The van der Waals surface area contributed by atoms with Gasteiger partial charge in [0.1, 0.15) is 34.8 Å². The number of H-pyrrole nitrogens is 1. The maximum atomic E-state index is 14.3. The summed E-state index contributed by atoms with van der Waals surface area (Å²) in [4.78, 5) is 110. The summed E-state index contributed by atoms with van der Waals surface area (Å²) in [6.45, 7) is 15.2. The summed E-state index contributed by atoms with van der Waals surface area (Å²) in [6.07, 6.45) is -5.71. The average molecular weight is 851 g/mol. The van der Waals surface area contributed by atoms with Crippen LogP contribution in [0.3, 0.4) is 0 Å². The molecular formula is C36H49N7O15P-. The number of benzene rings is 1. The third kappa shape index (κ3) is 14.1. The number of nitrogens with one attached hydrogen (secondary N) is 1. The zero-order valence-electron chi connectivity index (χ0n) is 34.6. The Morgan fingerprint density at radius 3 is 1.98 bits per heavy atom. The Balaban J connectivity index is 1.90. The molecule has 0 bridgehead atoms. The van der Waals surface area contributed by atoms with Gasteiger partial charge in [0.2, 0.25) is 5.91 Å². The van der Waals surface area contributed by atoms with Gasteiger partial charge in [-0.3, -0.25) is 28.5 Å². The van der Waals surface area contributed by atoms with Crippen molar-refractivity contribution in [1.29, 1.82) is 0 Å². The molecule has 1 aliphatic rings. The van der Waals surface area contributed by atoms with E-state index in [4.69, 9.17) is 33.5 Å². The molecular weight excluding hydrogens is 801 g/mol. The summed E-state index contributed by atoms with van der Waals surface area (Å²) in [5.74, 6) is -2.67. The van der Waals surface area contributed by atoms with Gasteiger partial charge in [0, 0.05) is 36.4 Å². The largest absolute Gasteiger partial charge is 0.746 e. The number of carbonyl (C=O) groups excluding carboxylic acids is 5. The number of aryl methyl sites for hydroxylation is 1. The lowest BCUT2D eigenvalue weighted by molar-refractivity contribution is -0.219. The minimum absolute atomic E-state index is 0.0483. The van der Waals surface area contributed by atoms with Gasteiger partial charge in [-0.1, -0.05) is 17.2 Å². The van der Waals surface area contributed by atoms with Crippen LogP contribution < -0.4 is 20.7 Å². The molecule has 3 rings (SSSR count). The SMILES string of the molecule is CC(=O)N(C(=O)OC(C)(C)C)[C@@H](Cc1ccc(OP(=O)([O-])OC[C@H]2O[C@@H](n3cc(C)c(=O)[nH]c3=O)C[C@@H]2N=[N+]=[N-])cc1)C(=O)N(C(=O)OC(C)(C)C)C(=O)OC(C)(C)C. The molecule has 1 unspecified atom stereocenters. The molecule has 5 amide bonds. The van der Waals surface area contributed by atoms with Gasteiger partial charge in [-0.25, -0.2) is 24.1 Å². The van der Waals surface area contributed by atoms with Gasteiger partial charge in [-0.15, -0.1) is 4.90 Å². The summed E-state index contributed by atoms with van der Waals surface area (Å²) in [5.41, 5.74) is 4.45. The predicted octanol–water partition coefficient (Wildman–Crippen LogP) is 4.77. The molecule has 23 heteroatoms. The summed E-state index contributed by atoms with van der Waals surface area (Å²) < 4.78 is 45.9. The van der Waals surface area contributed by atoms with E-state index in [2.05, 4.69) is 15.0 Å². The van der Waals surface area contributed by atoms with Gasteiger partial charge in [0.25, 0.3) is 11.5 Å².